The van der Waals surface area contributed by atoms with Crippen molar-refractivity contribution >= 4 is 34.7 Å². The monoisotopic (exact) mass is 291 g/mol. The van der Waals surface area contributed by atoms with Gasteiger partial charge in [-0.2, -0.15) is 0 Å². The zero-order valence-electron chi connectivity index (χ0n) is 10.2. The first kappa shape index (κ1) is 12.3. The smallest absolute Gasteiger partial charge is 0.157 e. The number of halogens is 2. The van der Waals surface area contributed by atoms with E-state index in [2.05, 4.69) is 4.98 Å². The molecule has 2 N–H and O–H groups in total. The number of nitrogens with zero attached hydrogens (tertiary/aromatic N) is 2. The molecule has 3 nitrogen and oxygen atoms in total. The molecular formula is C14H11Cl2N3. The summed E-state index contributed by atoms with van der Waals surface area (Å²) >= 11 is 12.2. The molecule has 0 saturated carbocycles. The van der Waals surface area contributed by atoms with Crippen molar-refractivity contribution in [3.63, 3.8) is 0 Å². The van der Waals surface area contributed by atoms with Gasteiger partial charge in [0.05, 0.1) is 5.02 Å². The second-order valence-corrected chi connectivity index (χ2v) is 5.20. The molecule has 0 saturated heterocycles. The predicted octanol–water partition coefficient (Wildman–Crippen LogP) is 4.20. The van der Waals surface area contributed by atoms with Gasteiger partial charge in [-0.05, 0) is 36.8 Å². The van der Waals surface area contributed by atoms with E-state index >= 15 is 0 Å². The second-order valence-electron chi connectivity index (χ2n) is 4.35. The van der Waals surface area contributed by atoms with E-state index in [0.717, 1.165) is 11.1 Å². The van der Waals surface area contributed by atoms with E-state index in [4.69, 9.17) is 28.9 Å². The van der Waals surface area contributed by atoms with Crippen LogP contribution in [0, 0.1) is 6.92 Å². The lowest BCUT2D eigenvalue weighted by molar-refractivity contribution is 1.20. The van der Waals surface area contributed by atoms with Crippen LogP contribution in [0.1, 0.15) is 5.56 Å². The van der Waals surface area contributed by atoms with Crippen LogP contribution in [-0.2, 0) is 0 Å². The van der Waals surface area contributed by atoms with Gasteiger partial charge in [-0.3, -0.25) is 4.40 Å². The summed E-state index contributed by atoms with van der Waals surface area (Å²) in [5, 5.41) is 1.23. The first-order chi connectivity index (χ1) is 9.08. The lowest BCUT2D eigenvalue weighted by atomic mass is 10.1. The van der Waals surface area contributed by atoms with Gasteiger partial charge >= 0.3 is 0 Å². The Morgan fingerprint density at radius 2 is 2.00 bits per heavy atom. The van der Waals surface area contributed by atoms with Crippen LogP contribution in [0.3, 0.4) is 0 Å². The minimum Gasteiger partial charge on any atom is -0.383 e. The highest BCUT2D eigenvalue weighted by Crippen LogP contribution is 2.32. The topological polar surface area (TPSA) is 43.3 Å². The van der Waals surface area contributed by atoms with Gasteiger partial charge in [0.15, 0.2) is 5.65 Å². The molecule has 2 aromatic heterocycles. The fourth-order valence-electron chi connectivity index (χ4n) is 2.10. The Morgan fingerprint density at radius 3 is 2.74 bits per heavy atom. The Bertz CT molecular complexity index is 778. The summed E-state index contributed by atoms with van der Waals surface area (Å²) in [7, 11) is 0. The van der Waals surface area contributed by atoms with E-state index in [0.29, 0.717) is 27.2 Å². The summed E-state index contributed by atoms with van der Waals surface area (Å²) < 4.78 is 1.78. The number of pyridine rings is 1. The van der Waals surface area contributed by atoms with Crippen LogP contribution < -0.4 is 5.73 Å². The van der Waals surface area contributed by atoms with Gasteiger partial charge in [0, 0.05) is 16.8 Å². The molecule has 96 valence electrons. The fourth-order valence-corrected chi connectivity index (χ4v) is 2.48. The molecule has 0 unspecified atom stereocenters. The molecule has 0 fully saturated rings. The van der Waals surface area contributed by atoms with Crippen molar-refractivity contribution in [2.24, 2.45) is 0 Å². The SMILES string of the molecule is Cc1ccc(Cl)cc1-c1nc2c(Cl)cccn2c1N. The first-order valence-corrected chi connectivity index (χ1v) is 6.52. The molecule has 0 spiro atoms. The third-order valence-electron chi connectivity index (χ3n) is 3.09. The van der Waals surface area contributed by atoms with Crippen molar-refractivity contribution in [2.75, 3.05) is 5.73 Å². The molecule has 0 aliphatic rings. The van der Waals surface area contributed by atoms with Gasteiger partial charge in [-0.1, -0.05) is 29.3 Å². The second kappa shape index (κ2) is 4.44. The van der Waals surface area contributed by atoms with Gasteiger partial charge in [-0.25, -0.2) is 4.98 Å². The summed E-state index contributed by atoms with van der Waals surface area (Å²) in [4.78, 5) is 4.53. The molecule has 0 amide bonds. The highest BCUT2D eigenvalue weighted by molar-refractivity contribution is 6.33. The van der Waals surface area contributed by atoms with Crippen molar-refractivity contribution in [1.82, 2.24) is 9.38 Å². The molecule has 0 bridgehead atoms. The van der Waals surface area contributed by atoms with Gasteiger partial charge in [0.1, 0.15) is 11.5 Å². The molecule has 19 heavy (non-hydrogen) atoms. The van der Waals surface area contributed by atoms with Crippen molar-refractivity contribution < 1.29 is 0 Å². The Morgan fingerprint density at radius 1 is 1.21 bits per heavy atom. The first-order valence-electron chi connectivity index (χ1n) is 5.76. The van der Waals surface area contributed by atoms with E-state index < -0.39 is 0 Å². The van der Waals surface area contributed by atoms with Crippen LogP contribution in [0.5, 0.6) is 0 Å². The number of hydrogen-bond donors (Lipinski definition) is 1. The molecule has 0 radical (unpaired) electrons. The summed E-state index contributed by atoms with van der Waals surface area (Å²) in [6, 6.07) is 9.28. The Kier molecular flexibility index (Phi) is 2.88. The van der Waals surface area contributed by atoms with E-state index in [1.54, 1.807) is 10.5 Å². The maximum absolute atomic E-state index is 6.16. The Hall–Kier alpha value is -1.71. The standard InChI is InChI=1S/C14H11Cl2N3/c1-8-4-5-9(15)7-10(8)12-13(17)19-6-2-3-11(16)14(19)18-12/h2-7H,17H2,1H3. The quantitative estimate of drug-likeness (QED) is 0.730. The molecule has 2 heterocycles. The van der Waals surface area contributed by atoms with Gasteiger partial charge in [0.25, 0.3) is 0 Å². The summed E-state index contributed by atoms with van der Waals surface area (Å²) in [5.41, 5.74) is 9.50. The van der Waals surface area contributed by atoms with Gasteiger partial charge < -0.3 is 5.73 Å². The highest BCUT2D eigenvalue weighted by atomic mass is 35.5. The average molecular weight is 292 g/mol. The van der Waals surface area contributed by atoms with Crippen LogP contribution in [0.2, 0.25) is 10.0 Å². The lowest BCUT2D eigenvalue weighted by Crippen LogP contribution is -1.94. The lowest BCUT2D eigenvalue weighted by Gasteiger charge is -2.04. The molecule has 3 aromatic rings. The minimum absolute atomic E-state index is 0.558. The minimum atomic E-state index is 0.558. The zero-order chi connectivity index (χ0) is 13.6. The van der Waals surface area contributed by atoms with Crippen LogP contribution in [0.15, 0.2) is 36.5 Å². The predicted molar refractivity (Wildman–Crippen MR) is 79.8 cm³/mol. The number of rotatable bonds is 1. The Labute approximate surface area is 120 Å². The molecule has 0 atom stereocenters. The molecule has 3 rings (SSSR count). The number of hydrogen-bond acceptors (Lipinski definition) is 2. The van der Waals surface area contributed by atoms with Crippen LogP contribution in [0.25, 0.3) is 16.9 Å². The number of fused-ring (bicyclic) bond motifs is 1. The van der Waals surface area contributed by atoms with Crippen molar-refractivity contribution in [2.45, 2.75) is 6.92 Å². The van der Waals surface area contributed by atoms with Crippen molar-refractivity contribution in [1.29, 1.82) is 0 Å². The zero-order valence-corrected chi connectivity index (χ0v) is 11.7. The summed E-state index contributed by atoms with van der Waals surface area (Å²) in [5.74, 6) is 0.558. The third-order valence-corrected chi connectivity index (χ3v) is 3.62. The number of aromatic nitrogens is 2. The van der Waals surface area contributed by atoms with Gasteiger partial charge in [-0.15, -0.1) is 0 Å². The van der Waals surface area contributed by atoms with Crippen LogP contribution >= 0.6 is 23.2 Å². The number of aryl methyl sites for hydroxylation is 1. The van der Waals surface area contributed by atoms with E-state index in [-0.39, 0.29) is 0 Å². The number of nitrogen functional groups attached to an aromatic ring is 1. The third kappa shape index (κ3) is 1.95. The molecule has 5 heteroatoms. The Balaban J connectivity index is 2.34. The molecule has 0 aliphatic heterocycles. The number of benzene rings is 1. The maximum Gasteiger partial charge on any atom is 0.157 e. The molecule has 1 aromatic carbocycles. The molecule has 0 aliphatic carbocycles. The van der Waals surface area contributed by atoms with Crippen LogP contribution in [0.4, 0.5) is 5.82 Å². The number of anilines is 1. The number of nitrogens with two attached hydrogens (primary N) is 1. The normalized spacial score (nSPS) is 11.1. The largest absolute Gasteiger partial charge is 0.383 e. The number of imidazole rings is 1. The summed E-state index contributed by atoms with van der Waals surface area (Å²) in [6.45, 7) is 2.00. The van der Waals surface area contributed by atoms with Crippen LogP contribution in [-0.4, -0.2) is 9.38 Å². The maximum atomic E-state index is 6.16. The summed E-state index contributed by atoms with van der Waals surface area (Å²) in [6.07, 6.45) is 1.84. The van der Waals surface area contributed by atoms with E-state index in [9.17, 15) is 0 Å². The van der Waals surface area contributed by atoms with E-state index in [1.807, 2.05) is 37.4 Å². The average Bonchev–Trinajstić information content (AvgIpc) is 2.72. The fraction of sp³-hybridized carbons (Fsp3) is 0.0714. The van der Waals surface area contributed by atoms with Gasteiger partial charge in [0.2, 0.25) is 0 Å². The highest BCUT2D eigenvalue weighted by Gasteiger charge is 2.15. The van der Waals surface area contributed by atoms with Crippen molar-refractivity contribution in [3.8, 4) is 11.3 Å². The molecular weight excluding hydrogens is 281 g/mol. The van der Waals surface area contributed by atoms with E-state index in [1.165, 1.54) is 0 Å². The van der Waals surface area contributed by atoms with Crippen molar-refractivity contribution in [3.05, 3.63) is 52.1 Å².